The molecule has 2 heterocycles. The third-order valence-corrected chi connectivity index (χ3v) is 4.10. The highest BCUT2D eigenvalue weighted by molar-refractivity contribution is 5.70. The van der Waals surface area contributed by atoms with Gasteiger partial charge in [0.05, 0.1) is 4.92 Å². The van der Waals surface area contributed by atoms with Crippen LogP contribution in [0.2, 0.25) is 0 Å². The normalized spacial score (nSPS) is 14.5. The fourth-order valence-electron chi connectivity index (χ4n) is 2.89. The Morgan fingerprint density at radius 2 is 1.80 bits per heavy atom. The van der Waals surface area contributed by atoms with Crippen molar-refractivity contribution >= 4 is 23.0 Å². The first-order valence-corrected chi connectivity index (χ1v) is 8.09. The van der Waals surface area contributed by atoms with Gasteiger partial charge in [0, 0.05) is 38.4 Å². The summed E-state index contributed by atoms with van der Waals surface area (Å²) in [7, 11) is 0. The van der Waals surface area contributed by atoms with Gasteiger partial charge in [-0.3, -0.25) is 10.1 Å². The summed E-state index contributed by atoms with van der Waals surface area (Å²) in [5.41, 5.74) is 0.839. The Morgan fingerprint density at radius 1 is 1.16 bits per heavy atom. The molecule has 1 aromatic carbocycles. The first kappa shape index (κ1) is 16.9. The van der Waals surface area contributed by atoms with Crippen molar-refractivity contribution < 1.29 is 9.31 Å². The minimum atomic E-state index is -0.445. The van der Waals surface area contributed by atoms with Crippen molar-refractivity contribution in [1.82, 2.24) is 9.97 Å². The summed E-state index contributed by atoms with van der Waals surface area (Å²) in [4.78, 5) is 23.2. The molecular weight excluding hydrogens is 327 g/mol. The molecule has 1 aliphatic rings. The van der Waals surface area contributed by atoms with Gasteiger partial charge in [-0.2, -0.15) is 0 Å². The minimum absolute atomic E-state index is 0.0976. The summed E-state index contributed by atoms with van der Waals surface area (Å²) in [6.07, 6.45) is 1.34. The number of aromatic nitrogens is 2. The molecule has 8 nitrogen and oxygen atoms in total. The summed E-state index contributed by atoms with van der Waals surface area (Å²) < 4.78 is 13.0. The number of nitro groups is 1. The van der Waals surface area contributed by atoms with Crippen LogP contribution >= 0.6 is 0 Å². The second-order valence-electron chi connectivity index (χ2n) is 5.63. The van der Waals surface area contributed by atoms with E-state index in [9.17, 15) is 14.5 Å². The molecule has 0 spiro atoms. The molecule has 1 aromatic heterocycles. The lowest BCUT2D eigenvalue weighted by molar-refractivity contribution is -0.383. The molecule has 0 radical (unpaired) electrons. The zero-order valence-electron chi connectivity index (χ0n) is 13.9. The van der Waals surface area contributed by atoms with Crippen LogP contribution in [0.1, 0.15) is 6.92 Å². The van der Waals surface area contributed by atoms with Crippen LogP contribution in [0, 0.1) is 15.9 Å². The molecule has 0 saturated carbocycles. The average molecular weight is 346 g/mol. The molecule has 2 aromatic rings. The molecule has 0 amide bonds. The Balaban J connectivity index is 1.77. The predicted molar refractivity (Wildman–Crippen MR) is 93.7 cm³/mol. The first-order chi connectivity index (χ1) is 12.1. The van der Waals surface area contributed by atoms with E-state index in [-0.39, 0.29) is 17.3 Å². The number of nitrogens with zero attached hydrogens (tertiary/aromatic N) is 5. The predicted octanol–water partition coefficient (Wildman–Crippen LogP) is 2.28. The van der Waals surface area contributed by atoms with Crippen LogP contribution in [-0.4, -0.2) is 47.6 Å². The van der Waals surface area contributed by atoms with Crippen molar-refractivity contribution in [2.75, 3.05) is 47.8 Å². The first-order valence-electron chi connectivity index (χ1n) is 8.09. The van der Waals surface area contributed by atoms with Crippen LogP contribution in [0.5, 0.6) is 0 Å². The molecule has 25 heavy (non-hydrogen) atoms. The van der Waals surface area contributed by atoms with E-state index < -0.39 is 4.92 Å². The lowest BCUT2D eigenvalue weighted by Gasteiger charge is -2.36. The number of halogens is 1. The smallest absolute Gasteiger partial charge is 0.353 e. The van der Waals surface area contributed by atoms with Crippen LogP contribution in [0.4, 0.5) is 27.4 Å². The fourth-order valence-corrected chi connectivity index (χ4v) is 2.89. The van der Waals surface area contributed by atoms with E-state index in [1.165, 1.54) is 18.5 Å². The van der Waals surface area contributed by atoms with E-state index in [1.807, 2.05) is 11.8 Å². The van der Waals surface area contributed by atoms with Gasteiger partial charge in [-0.15, -0.1) is 0 Å². The second-order valence-corrected chi connectivity index (χ2v) is 5.63. The maximum atomic E-state index is 13.0. The van der Waals surface area contributed by atoms with Crippen molar-refractivity contribution in [3.63, 3.8) is 0 Å². The van der Waals surface area contributed by atoms with Gasteiger partial charge < -0.3 is 15.1 Å². The number of hydrogen-bond acceptors (Lipinski definition) is 7. The Hall–Kier alpha value is -2.97. The monoisotopic (exact) mass is 346 g/mol. The highest BCUT2D eigenvalue weighted by Crippen LogP contribution is 2.32. The third kappa shape index (κ3) is 3.59. The molecule has 132 valence electrons. The molecule has 1 fully saturated rings. The van der Waals surface area contributed by atoms with Crippen LogP contribution in [0.3, 0.4) is 0 Å². The summed E-state index contributed by atoms with van der Waals surface area (Å²) in [5.74, 6) is 0.295. The van der Waals surface area contributed by atoms with Gasteiger partial charge >= 0.3 is 5.69 Å². The zero-order chi connectivity index (χ0) is 17.8. The topological polar surface area (TPSA) is 87.4 Å². The Kier molecular flexibility index (Phi) is 4.92. The van der Waals surface area contributed by atoms with Crippen molar-refractivity contribution in [3.05, 3.63) is 46.5 Å². The number of nitrogens with one attached hydrogen (secondary N) is 1. The standard InChI is InChI=1S/C16H19FN6O2/c1-2-18-15-14(23(24)25)16(20-11-19-15)22-9-7-21(8-10-22)13-5-3-12(17)4-6-13/h3-6,11H,2,7-10H2,1H3,(H,18,19,20). The van der Waals surface area contributed by atoms with Crippen molar-refractivity contribution in [3.8, 4) is 0 Å². The van der Waals surface area contributed by atoms with Crippen molar-refractivity contribution in [2.24, 2.45) is 0 Å². The van der Waals surface area contributed by atoms with Gasteiger partial charge in [-0.05, 0) is 31.2 Å². The molecule has 0 bridgehead atoms. The second kappa shape index (κ2) is 7.29. The zero-order valence-corrected chi connectivity index (χ0v) is 13.9. The molecule has 1 N–H and O–H groups in total. The van der Waals surface area contributed by atoms with E-state index in [0.717, 1.165) is 5.69 Å². The number of piperazine rings is 1. The Labute approximate surface area is 144 Å². The van der Waals surface area contributed by atoms with Gasteiger partial charge in [0.25, 0.3) is 0 Å². The van der Waals surface area contributed by atoms with Crippen LogP contribution in [0.25, 0.3) is 0 Å². The molecule has 3 rings (SSSR count). The lowest BCUT2D eigenvalue weighted by atomic mass is 10.2. The summed E-state index contributed by atoms with van der Waals surface area (Å²) in [6, 6.07) is 6.34. The van der Waals surface area contributed by atoms with Crippen molar-refractivity contribution in [1.29, 1.82) is 0 Å². The molecule has 9 heteroatoms. The molecule has 1 aliphatic heterocycles. The summed E-state index contributed by atoms with van der Waals surface area (Å²) in [5, 5.41) is 14.4. The summed E-state index contributed by atoms with van der Waals surface area (Å²) >= 11 is 0. The van der Waals surface area contributed by atoms with Gasteiger partial charge in [0.1, 0.15) is 12.1 Å². The van der Waals surface area contributed by atoms with Gasteiger partial charge in [-0.25, -0.2) is 14.4 Å². The molecule has 0 unspecified atom stereocenters. The van der Waals surface area contributed by atoms with Gasteiger partial charge in [0.15, 0.2) is 0 Å². The van der Waals surface area contributed by atoms with Crippen LogP contribution in [-0.2, 0) is 0 Å². The van der Waals surface area contributed by atoms with Gasteiger partial charge in [0.2, 0.25) is 11.6 Å². The molecular formula is C16H19FN6O2. The number of anilines is 3. The van der Waals surface area contributed by atoms with E-state index in [4.69, 9.17) is 0 Å². The number of benzene rings is 1. The summed E-state index contributed by atoms with van der Waals surface area (Å²) in [6.45, 7) is 4.90. The number of hydrogen-bond donors (Lipinski definition) is 1. The quantitative estimate of drug-likeness (QED) is 0.656. The SMILES string of the molecule is CCNc1ncnc(N2CCN(c3ccc(F)cc3)CC2)c1[N+](=O)[O-]. The molecule has 0 atom stereocenters. The minimum Gasteiger partial charge on any atom is -0.368 e. The Morgan fingerprint density at radius 3 is 2.40 bits per heavy atom. The fraction of sp³-hybridized carbons (Fsp3) is 0.375. The third-order valence-electron chi connectivity index (χ3n) is 4.10. The van der Waals surface area contributed by atoms with Crippen LogP contribution in [0.15, 0.2) is 30.6 Å². The highest BCUT2D eigenvalue weighted by atomic mass is 19.1. The Bertz CT molecular complexity index is 747. The maximum absolute atomic E-state index is 13.0. The molecule has 1 saturated heterocycles. The van der Waals surface area contributed by atoms with E-state index >= 15 is 0 Å². The largest absolute Gasteiger partial charge is 0.368 e. The average Bonchev–Trinajstić information content (AvgIpc) is 2.62. The number of rotatable bonds is 5. The van der Waals surface area contributed by atoms with E-state index in [1.54, 1.807) is 12.1 Å². The highest BCUT2D eigenvalue weighted by Gasteiger charge is 2.29. The van der Waals surface area contributed by atoms with E-state index in [0.29, 0.717) is 38.5 Å². The molecule has 0 aliphatic carbocycles. The lowest BCUT2D eigenvalue weighted by Crippen LogP contribution is -2.47. The van der Waals surface area contributed by atoms with Crippen LogP contribution < -0.4 is 15.1 Å². The van der Waals surface area contributed by atoms with Gasteiger partial charge in [-0.1, -0.05) is 0 Å². The maximum Gasteiger partial charge on any atom is 0.353 e. The van der Waals surface area contributed by atoms with Crippen molar-refractivity contribution in [2.45, 2.75) is 6.92 Å². The van der Waals surface area contributed by atoms with E-state index in [2.05, 4.69) is 20.2 Å².